The standard InChI is InChI=1S/C37H43N7O.C31H31N5O2.C6H14N2/c1-42-18-13-30(14-19-42)40-37(45)36-21-29-20-28(10-11-35(29)43(36)2)33-22-34(31-24-38-15-12-32(31)41-33)39-23-26-6-8-27(9-7-26)25-44-16-4-3-5-17-44;1-35-29-10-9-23(15-24(29)16-30(35)31(37)38)27-17-28(25-19-32-12-11-26(25)34-27)33-18-21-5-7-22(8-6-21)20-36-13-3-2-4-14-36;1-8-4-2-6(7)3-5-8/h6-12,15,20-22,24,30H,3-5,13-14,16-19,23,25H2,1-2H3,(H,39,41)(H,40,45);5-12,15-17,19H,2-4,13-14,18,20H2,1H3,(H,33,34)(H,37,38);6H,2-5,7H2,1H3. The predicted molar refractivity (Wildman–Crippen MR) is 368 cm³/mol. The zero-order valence-corrected chi connectivity index (χ0v) is 53.4. The fraction of sp³-hybridized carbons (Fsp3) is 0.378. The van der Waals surface area contributed by atoms with Gasteiger partial charge in [-0.05, 0) is 201 Å². The molecule has 0 atom stereocenters. The number of carboxylic acids is 1. The highest BCUT2D eigenvalue weighted by Crippen LogP contribution is 2.34. The van der Waals surface area contributed by atoms with E-state index in [1.165, 1.54) is 113 Å². The van der Waals surface area contributed by atoms with E-state index in [1.54, 1.807) is 30.1 Å². The number of fused-ring (bicyclic) bond motifs is 4. The number of amides is 1. The Morgan fingerprint density at radius 2 is 0.934 bits per heavy atom. The van der Waals surface area contributed by atoms with E-state index in [-0.39, 0.29) is 17.6 Å². The number of aryl methyl sites for hydroxylation is 2. The van der Waals surface area contributed by atoms with Crippen molar-refractivity contribution < 1.29 is 14.7 Å². The Kier molecular flexibility index (Phi) is 20.0. The Labute approximate surface area is 534 Å². The van der Waals surface area contributed by atoms with Crippen molar-refractivity contribution in [2.75, 3.05) is 77.1 Å². The van der Waals surface area contributed by atoms with Gasteiger partial charge < -0.3 is 45.7 Å². The summed E-state index contributed by atoms with van der Waals surface area (Å²) in [5.74, 6) is -0.945. The number of likely N-dealkylation sites (tertiary alicyclic amines) is 4. The van der Waals surface area contributed by atoms with Gasteiger partial charge in [-0.2, -0.15) is 0 Å². The molecule has 4 aliphatic heterocycles. The summed E-state index contributed by atoms with van der Waals surface area (Å²) in [5.41, 5.74) is 21.1. The lowest BCUT2D eigenvalue weighted by molar-refractivity contribution is 0.0686. The van der Waals surface area contributed by atoms with E-state index in [1.807, 2.05) is 60.4 Å². The normalized spacial score (nSPS) is 16.5. The second-order valence-electron chi connectivity index (χ2n) is 25.6. The van der Waals surface area contributed by atoms with E-state index >= 15 is 0 Å². The van der Waals surface area contributed by atoms with Gasteiger partial charge in [0.2, 0.25) is 0 Å². The molecule has 10 aromatic rings. The van der Waals surface area contributed by atoms with Crippen molar-refractivity contribution >= 4 is 66.9 Å². The van der Waals surface area contributed by atoms with Crippen LogP contribution in [0.4, 0.5) is 11.4 Å². The number of nitrogens with two attached hydrogens (primary N) is 1. The van der Waals surface area contributed by atoms with Gasteiger partial charge in [0, 0.05) is 132 Å². The fourth-order valence-electron chi connectivity index (χ4n) is 13.3. The first kappa shape index (κ1) is 62.6. The average molecular weight is 1220 g/mol. The van der Waals surface area contributed by atoms with Gasteiger partial charge >= 0.3 is 5.97 Å². The van der Waals surface area contributed by atoms with Crippen LogP contribution in [-0.4, -0.2) is 144 Å². The van der Waals surface area contributed by atoms with Crippen LogP contribution in [0.5, 0.6) is 0 Å². The van der Waals surface area contributed by atoms with E-state index < -0.39 is 5.97 Å². The summed E-state index contributed by atoms with van der Waals surface area (Å²) in [5, 5.41) is 23.9. The van der Waals surface area contributed by atoms with Crippen molar-refractivity contribution in [1.82, 2.24) is 54.0 Å². The van der Waals surface area contributed by atoms with E-state index in [2.05, 4.69) is 138 Å². The maximum atomic E-state index is 13.3. The van der Waals surface area contributed by atoms with Gasteiger partial charge in [-0.15, -0.1) is 0 Å². The number of carboxylic acid groups (broad SMARTS) is 1. The molecule has 17 heteroatoms. The lowest BCUT2D eigenvalue weighted by Gasteiger charge is -2.29. The average Bonchev–Trinajstić information content (AvgIpc) is 1.81. The number of pyridine rings is 4. The molecule has 0 unspecified atom stereocenters. The highest BCUT2D eigenvalue weighted by Gasteiger charge is 2.23. The summed E-state index contributed by atoms with van der Waals surface area (Å²) >= 11 is 0. The minimum absolute atomic E-state index is 0.00727. The van der Waals surface area contributed by atoms with Gasteiger partial charge in [-0.3, -0.25) is 24.6 Å². The molecule has 0 radical (unpaired) electrons. The summed E-state index contributed by atoms with van der Waals surface area (Å²) in [6.07, 6.45) is 19.6. The Hall–Kier alpha value is -8.58. The number of hydrogen-bond donors (Lipinski definition) is 5. The molecule has 472 valence electrons. The molecule has 4 aromatic carbocycles. The lowest BCUT2D eigenvalue weighted by Crippen LogP contribution is -2.43. The molecule has 91 heavy (non-hydrogen) atoms. The third-order valence-corrected chi connectivity index (χ3v) is 18.9. The van der Waals surface area contributed by atoms with Crippen LogP contribution in [0.3, 0.4) is 0 Å². The molecule has 0 bridgehead atoms. The maximum absolute atomic E-state index is 13.3. The SMILES string of the molecule is CN1CCC(N)CC1.CN1CCC(NC(=O)c2cc3cc(-c4cc(NCc5ccc(CN6CCCCC6)cc5)c5cnccc5n4)ccc3n2C)CC1.Cn1c(C(=O)O)cc2cc(-c3cc(NCc4ccc(CN5CCCCC5)cc4)c4cnccc4n3)ccc21. The molecule has 6 aromatic heterocycles. The van der Waals surface area contributed by atoms with Gasteiger partial charge in [-0.1, -0.05) is 73.5 Å². The van der Waals surface area contributed by atoms with E-state index in [0.29, 0.717) is 24.8 Å². The Bertz CT molecular complexity index is 4110. The third kappa shape index (κ3) is 15.6. The molecule has 4 aliphatic rings. The summed E-state index contributed by atoms with van der Waals surface area (Å²) in [6.45, 7) is 12.7. The number of benzene rings is 4. The fourth-order valence-corrected chi connectivity index (χ4v) is 13.3. The number of carbonyl (C=O) groups excluding carboxylic acids is 1. The largest absolute Gasteiger partial charge is 0.477 e. The Balaban J connectivity index is 0.000000158. The maximum Gasteiger partial charge on any atom is 0.352 e. The Morgan fingerprint density at radius 1 is 0.505 bits per heavy atom. The highest BCUT2D eigenvalue weighted by molar-refractivity contribution is 6.01. The van der Waals surface area contributed by atoms with Crippen molar-refractivity contribution in [3.63, 3.8) is 0 Å². The smallest absolute Gasteiger partial charge is 0.352 e. The number of piperidine rings is 4. The predicted octanol–water partition coefficient (Wildman–Crippen LogP) is 12.3. The summed E-state index contributed by atoms with van der Waals surface area (Å²) in [4.78, 5) is 53.2. The summed E-state index contributed by atoms with van der Waals surface area (Å²) < 4.78 is 3.69. The Morgan fingerprint density at radius 3 is 1.38 bits per heavy atom. The quantitative estimate of drug-likeness (QED) is 0.0651. The first-order valence-electron chi connectivity index (χ1n) is 32.8. The number of nitrogens with one attached hydrogen (secondary N) is 3. The van der Waals surface area contributed by atoms with Gasteiger partial charge in [0.25, 0.3) is 5.91 Å². The first-order chi connectivity index (χ1) is 44.3. The molecule has 0 aliphatic carbocycles. The molecule has 6 N–H and O–H groups in total. The second-order valence-corrected chi connectivity index (χ2v) is 25.6. The van der Waals surface area contributed by atoms with Crippen LogP contribution in [0.1, 0.15) is 107 Å². The van der Waals surface area contributed by atoms with E-state index in [4.69, 9.17) is 15.7 Å². The molecule has 4 fully saturated rings. The number of nitrogens with zero attached hydrogens (tertiary/aromatic N) is 10. The van der Waals surface area contributed by atoms with Crippen LogP contribution in [0.2, 0.25) is 0 Å². The molecule has 1 amide bonds. The van der Waals surface area contributed by atoms with Crippen LogP contribution in [0.25, 0.3) is 66.1 Å². The molecule has 10 heterocycles. The molecular weight excluding hydrogens is 1130 g/mol. The minimum atomic E-state index is -0.937. The highest BCUT2D eigenvalue weighted by atomic mass is 16.4. The number of carbonyl (C=O) groups is 2. The van der Waals surface area contributed by atoms with Crippen LogP contribution < -0.4 is 21.7 Å². The number of aromatic carboxylic acids is 1. The molecule has 17 nitrogen and oxygen atoms in total. The molecule has 4 saturated heterocycles. The number of anilines is 2. The van der Waals surface area contributed by atoms with Crippen molar-refractivity contribution in [2.24, 2.45) is 19.8 Å². The van der Waals surface area contributed by atoms with Crippen molar-refractivity contribution in [1.29, 1.82) is 0 Å². The molecule has 0 saturated carbocycles. The van der Waals surface area contributed by atoms with E-state index in [9.17, 15) is 14.7 Å². The van der Waals surface area contributed by atoms with Gasteiger partial charge in [0.05, 0.1) is 22.4 Å². The lowest BCUT2D eigenvalue weighted by atomic mass is 10.1. The van der Waals surface area contributed by atoms with Crippen molar-refractivity contribution in [3.8, 4) is 22.5 Å². The van der Waals surface area contributed by atoms with Gasteiger partial charge in [0.15, 0.2) is 0 Å². The third-order valence-electron chi connectivity index (χ3n) is 18.9. The summed E-state index contributed by atoms with van der Waals surface area (Å²) in [7, 11) is 8.02. The number of rotatable bonds is 15. The zero-order valence-electron chi connectivity index (χ0n) is 53.4. The molecule has 0 spiro atoms. The van der Waals surface area contributed by atoms with Crippen LogP contribution in [0, 0.1) is 0 Å². The molecular formula is C74H88N14O3. The zero-order chi connectivity index (χ0) is 62.8. The second kappa shape index (κ2) is 29.1. The monoisotopic (exact) mass is 1220 g/mol. The van der Waals surface area contributed by atoms with Gasteiger partial charge in [0.1, 0.15) is 11.4 Å². The summed E-state index contributed by atoms with van der Waals surface area (Å²) in [6, 6.07) is 42.6. The van der Waals surface area contributed by atoms with Crippen LogP contribution in [0.15, 0.2) is 146 Å². The number of aromatic nitrogens is 6. The number of hydrogen-bond acceptors (Lipinski definition) is 13. The minimum Gasteiger partial charge on any atom is -0.477 e. The van der Waals surface area contributed by atoms with Crippen molar-refractivity contribution in [3.05, 3.63) is 180 Å². The van der Waals surface area contributed by atoms with Crippen LogP contribution >= 0.6 is 0 Å². The van der Waals surface area contributed by atoms with Gasteiger partial charge in [-0.25, -0.2) is 14.8 Å². The van der Waals surface area contributed by atoms with Crippen molar-refractivity contribution in [2.45, 2.75) is 102 Å². The molecule has 14 rings (SSSR count). The first-order valence-corrected chi connectivity index (χ1v) is 32.8. The van der Waals surface area contributed by atoms with E-state index in [0.717, 1.165) is 117 Å². The van der Waals surface area contributed by atoms with Crippen LogP contribution in [-0.2, 0) is 40.3 Å². The topological polar surface area (TPSA) is 191 Å².